The minimum Gasteiger partial charge on any atom is -0.398 e. The lowest BCUT2D eigenvalue weighted by Crippen LogP contribution is -2.15. The summed E-state index contributed by atoms with van der Waals surface area (Å²) in [5, 5.41) is 2.43. The summed E-state index contributed by atoms with van der Waals surface area (Å²) in [5.74, 6) is -2.62. The van der Waals surface area contributed by atoms with E-state index in [4.69, 9.17) is 5.73 Å². The Labute approximate surface area is 115 Å². The normalized spacial score (nSPS) is 10.3. The van der Waals surface area contributed by atoms with Crippen LogP contribution in [0.5, 0.6) is 0 Å². The molecule has 3 N–H and O–H groups in total. The molecular weight excluding hydrogens is 320 g/mol. The van der Waals surface area contributed by atoms with Crippen LogP contribution in [0.15, 0.2) is 34.9 Å². The monoisotopic (exact) mass is 327 g/mol. The van der Waals surface area contributed by atoms with Crippen LogP contribution in [0.4, 0.5) is 20.3 Å². The van der Waals surface area contributed by atoms with Gasteiger partial charge in [-0.3, -0.25) is 4.79 Å². The minimum absolute atomic E-state index is 0.145. The Bertz CT molecular complexity index is 632. The predicted octanol–water partition coefficient (Wildman–Crippen LogP) is 2.96. The van der Waals surface area contributed by atoms with Gasteiger partial charge in [0, 0.05) is 22.4 Å². The molecule has 4 nitrogen and oxygen atoms in total. The summed E-state index contributed by atoms with van der Waals surface area (Å²) in [6, 6.07) is 4.74. The first kappa shape index (κ1) is 13.4. The number of benzene rings is 1. The summed E-state index contributed by atoms with van der Waals surface area (Å²) >= 11 is 3.20. The zero-order chi connectivity index (χ0) is 14.0. The molecule has 0 saturated heterocycles. The topological polar surface area (TPSA) is 68.0 Å². The number of carbonyl (C=O) groups is 1. The standard InChI is InChI=1S/C12H8BrF2N3O/c13-6-1-2-11(17-5-6)18-12(19)7-3-8(14)9(15)4-10(7)16/h1-5H,16H2,(H,17,18,19). The van der Waals surface area contributed by atoms with E-state index in [1.165, 1.54) is 6.20 Å². The lowest BCUT2D eigenvalue weighted by molar-refractivity contribution is 0.102. The summed E-state index contributed by atoms with van der Waals surface area (Å²) < 4.78 is 26.7. The van der Waals surface area contributed by atoms with Crippen LogP contribution in [-0.4, -0.2) is 10.9 Å². The first-order valence-corrected chi connectivity index (χ1v) is 5.94. The van der Waals surface area contributed by atoms with Crippen LogP contribution in [0.1, 0.15) is 10.4 Å². The molecule has 0 saturated carbocycles. The Morgan fingerprint density at radius 3 is 2.58 bits per heavy atom. The van der Waals surface area contributed by atoms with E-state index in [0.717, 1.165) is 16.6 Å². The highest BCUT2D eigenvalue weighted by Gasteiger charge is 2.14. The number of amides is 1. The van der Waals surface area contributed by atoms with Gasteiger partial charge in [-0.15, -0.1) is 0 Å². The highest BCUT2D eigenvalue weighted by Crippen LogP contribution is 2.18. The lowest BCUT2D eigenvalue weighted by atomic mass is 10.1. The average Bonchev–Trinajstić information content (AvgIpc) is 2.36. The van der Waals surface area contributed by atoms with Gasteiger partial charge in [0.1, 0.15) is 5.82 Å². The Morgan fingerprint density at radius 2 is 1.95 bits per heavy atom. The molecule has 0 unspecified atom stereocenters. The Hall–Kier alpha value is -2.02. The summed E-state index contributed by atoms with van der Waals surface area (Å²) in [6.07, 6.45) is 1.49. The van der Waals surface area contributed by atoms with Crippen molar-refractivity contribution >= 4 is 33.3 Å². The fraction of sp³-hybridized carbons (Fsp3) is 0. The minimum atomic E-state index is -1.14. The molecule has 1 heterocycles. The Morgan fingerprint density at radius 1 is 1.26 bits per heavy atom. The highest BCUT2D eigenvalue weighted by atomic mass is 79.9. The molecule has 0 fully saturated rings. The molecule has 0 radical (unpaired) electrons. The number of nitrogens with two attached hydrogens (primary N) is 1. The molecule has 19 heavy (non-hydrogen) atoms. The van der Waals surface area contributed by atoms with Gasteiger partial charge >= 0.3 is 0 Å². The molecule has 1 aromatic carbocycles. The molecule has 0 aliphatic rings. The number of nitrogens with zero attached hydrogens (tertiary/aromatic N) is 1. The van der Waals surface area contributed by atoms with Gasteiger partial charge in [0.05, 0.1) is 5.56 Å². The van der Waals surface area contributed by atoms with Gasteiger partial charge in [-0.1, -0.05) is 0 Å². The maximum absolute atomic E-state index is 13.1. The van der Waals surface area contributed by atoms with Gasteiger partial charge in [0.15, 0.2) is 11.6 Å². The van der Waals surface area contributed by atoms with E-state index in [-0.39, 0.29) is 17.1 Å². The van der Waals surface area contributed by atoms with E-state index < -0.39 is 17.5 Å². The number of aromatic nitrogens is 1. The third kappa shape index (κ3) is 3.05. The predicted molar refractivity (Wildman–Crippen MR) is 70.7 cm³/mol. The molecule has 0 spiro atoms. The van der Waals surface area contributed by atoms with Crippen LogP contribution in [0.2, 0.25) is 0 Å². The molecular formula is C12H8BrF2N3O. The van der Waals surface area contributed by atoms with Crippen LogP contribution < -0.4 is 11.1 Å². The van der Waals surface area contributed by atoms with Gasteiger partial charge < -0.3 is 11.1 Å². The molecule has 1 aromatic heterocycles. The number of halogens is 3. The van der Waals surface area contributed by atoms with Crippen molar-refractivity contribution in [2.75, 3.05) is 11.1 Å². The summed E-state index contributed by atoms with van der Waals surface area (Å²) in [6.45, 7) is 0. The number of anilines is 2. The van der Waals surface area contributed by atoms with E-state index in [1.807, 2.05) is 0 Å². The largest absolute Gasteiger partial charge is 0.398 e. The maximum atomic E-state index is 13.1. The van der Waals surface area contributed by atoms with Crippen LogP contribution in [-0.2, 0) is 0 Å². The number of hydrogen-bond donors (Lipinski definition) is 2. The third-order valence-corrected chi connectivity index (χ3v) is 2.78. The summed E-state index contributed by atoms with van der Waals surface area (Å²) in [7, 11) is 0. The van der Waals surface area contributed by atoms with E-state index in [0.29, 0.717) is 0 Å². The van der Waals surface area contributed by atoms with Crippen LogP contribution in [0.25, 0.3) is 0 Å². The number of rotatable bonds is 2. The molecule has 2 rings (SSSR count). The first-order valence-electron chi connectivity index (χ1n) is 5.15. The number of pyridine rings is 1. The number of nitrogens with one attached hydrogen (secondary N) is 1. The van der Waals surface area contributed by atoms with Crippen LogP contribution in [0.3, 0.4) is 0 Å². The first-order chi connectivity index (χ1) is 8.97. The second-order valence-corrected chi connectivity index (χ2v) is 4.59. The summed E-state index contributed by atoms with van der Waals surface area (Å²) in [4.78, 5) is 15.8. The van der Waals surface area contributed by atoms with Gasteiger partial charge in [-0.2, -0.15) is 0 Å². The van der Waals surface area contributed by atoms with Crippen molar-refractivity contribution in [2.24, 2.45) is 0 Å². The SMILES string of the molecule is Nc1cc(F)c(F)cc1C(=O)Nc1ccc(Br)cn1. The Kier molecular flexibility index (Phi) is 3.75. The molecule has 0 aliphatic carbocycles. The molecule has 0 aliphatic heterocycles. The fourth-order valence-electron chi connectivity index (χ4n) is 1.39. The van der Waals surface area contributed by atoms with E-state index >= 15 is 0 Å². The van der Waals surface area contributed by atoms with Crippen molar-refractivity contribution in [1.29, 1.82) is 0 Å². The second kappa shape index (κ2) is 5.31. The third-order valence-electron chi connectivity index (χ3n) is 2.31. The fourth-order valence-corrected chi connectivity index (χ4v) is 1.63. The van der Waals surface area contributed by atoms with E-state index in [9.17, 15) is 13.6 Å². The number of hydrogen-bond acceptors (Lipinski definition) is 3. The molecule has 98 valence electrons. The van der Waals surface area contributed by atoms with E-state index in [2.05, 4.69) is 26.2 Å². The average molecular weight is 328 g/mol. The highest BCUT2D eigenvalue weighted by molar-refractivity contribution is 9.10. The lowest BCUT2D eigenvalue weighted by Gasteiger charge is -2.07. The zero-order valence-corrected chi connectivity index (χ0v) is 11.0. The Balaban J connectivity index is 2.25. The van der Waals surface area contributed by atoms with Crippen molar-refractivity contribution in [3.8, 4) is 0 Å². The molecule has 7 heteroatoms. The van der Waals surface area contributed by atoms with Crippen molar-refractivity contribution < 1.29 is 13.6 Å². The zero-order valence-electron chi connectivity index (χ0n) is 9.45. The van der Waals surface area contributed by atoms with Crippen molar-refractivity contribution in [3.05, 3.63) is 52.1 Å². The van der Waals surface area contributed by atoms with Crippen molar-refractivity contribution in [1.82, 2.24) is 4.98 Å². The van der Waals surface area contributed by atoms with Crippen LogP contribution in [0, 0.1) is 11.6 Å². The van der Waals surface area contributed by atoms with Crippen molar-refractivity contribution in [3.63, 3.8) is 0 Å². The van der Waals surface area contributed by atoms with Gasteiger partial charge in [0.25, 0.3) is 5.91 Å². The molecule has 0 atom stereocenters. The second-order valence-electron chi connectivity index (χ2n) is 3.67. The number of nitrogen functional groups attached to an aromatic ring is 1. The summed E-state index contributed by atoms with van der Waals surface area (Å²) in [5.41, 5.74) is 5.18. The maximum Gasteiger partial charge on any atom is 0.259 e. The van der Waals surface area contributed by atoms with Crippen molar-refractivity contribution in [2.45, 2.75) is 0 Å². The molecule has 2 aromatic rings. The van der Waals surface area contributed by atoms with Gasteiger partial charge in [-0.05, 0) is 34.1 Å². The quantitative estimate of drug-likeness (QED) is 0.833. The molecule has 1 amide bonds. The smallest absolute Gasteiger partial charge is 0.259 e. The van der Waals surface area contributed by atoms with Gasteiger partial charge in [0.2, 0.25) is 0 Å². The molecule has 0 bridgehead atoms. The van der Waals surface area contributed by atoms with E-state index in [1.54, 1.807) is 12.1 Å². The number of carbonyl (C=O) groups excluding carboxylic acids is 1. The van der Waals surface area contributed by atoms with Crippen LogP contribution >= 0.6 is 15.9 Å². The van der Waals surface area contributed by atoms with Gasteiger partial charge in [-0.25, -0.2) is 13.8 Å².